The highest BCUT2D eigenvalue weighted by Crippen LogP contribution is 2.26. The molecule has 0 bridgehead atoms. The molecule has 0 saturated carbocycles. The van der Waals surface area contributed by atoms with Gasteiger partial charge in [0, 0.05) is 21.7 Å². The van der Waals surface area contributed by atoms with Crippen molar-refractivity contribution in [2.75, 3.05) is 0 Å². The molecule has 0 aliphatic carbocycles. The molecule has 2 heterocycles. The number of aromatic amines is 1. The normalized spacial score (nSPS) is 12.0. The number of nitrogens with one attached hydrogen (secondary N) is 1. The fraction of sp³-hybridized carbons (Fsp3) is 0.154. The molecule has 2 aromatic heterocycles. The van der Waals surface area contributed by atoms with Crippen molar-refractivity contribution in [2.24, 2.45) is 0 Å². The Morgan fingerprint density at radius 3 is 2.57 bits per heavy atom. The van der Waals surface area contributed by atoms with E-state index in [2.05, 4.69) is 9.97 Å². The fourth-order valence-corrected chi connectivity index (χ4v) is 2.73. The van der Waals surface area contributed by atoms with Gasteiger partial charge in [-0.2, -0.15) is 22.7 Å². The van der Waals surface area contributed by atoms with Gasteiger partial charge in [0.25, 0.3) is 11.3 Å². The Labute approximate surface area is 136 Å². The molecule has 0 unspecified atom stereocenters. The molecular formula is C13H8ClF3N4OS. The summed E-state index contributed by atoms with van der Waals surface area (Å²) in [6.07, 6.45) is -4.67. The van der Waals surface area contributed by atoms with E-state index in [0.717, 1.165) is 4.90 Å². The molecule has 0 atom stereocenters. The van der Waals surface area contributed by atoms with Crippen LogP contribution in [0, 0.1) is 0 Å². The van der Waals surface area contributed by atoms with Crippen LogP contribution in [0.3, 0.4) is 0 Å². The SMILES string of the molecule is O=c1cc(CSc2ccc(Cl)cc2)nc2nc(C(F)(F)F)[nH]n12. The third kappa shape index (κ3) is 3.50. The lowest BCUT2D eigenvalue weighted by molar-refractivity contribution is -0.144. The average molecular weight is 361 g/mol. The topological polar surface area (TPSA) is 63.0 Å². The van der Waals surface area contributed by atoms with Gasteiger partial charge in [0.1, 0.15) is 0 Å². The first-order valence-corrected chi connectivity index (χ1v) is 7.63. The summed E-state index contributed by atoms with van der Waals surface area (Å²) in [6.45, 7) is 0. The minimum absolute atomic E-state index is 0.309. The molecule has 1 N–H and O–H groups in total. The predicted octanol–water partition coefficient (Wildman–Crippen LogP) is 3.38. The smallest absolute Gasteiger partial charge is 0.267 e. The molecule has 23 heavy (non-hydrogen) atoms. The zero-order chi connectivity index (χ0) is 16.6. The van der Waals surface area contributed by atoms with Crippen LogP contribution in [-0.4, -0.2) is 19.6 Å². The molecule has 3 rings (SSSR count). The highest BCUT2D eigenvalue weighted by atomic mass is 35.5. The summed E-state index contributed by atoms with van der Waals surface area (Å²) in [5.74, 6) is -1.25. The van der Waals surface area contributed by atoms with Gasteiger partial charge in [-0.1, -0.05) is 11.6 Å². The largest absolute Gasteiger partial charge is 0.451 e. The standard InChI is InChI=1S/C13H8ClF3N4OS/c14-7-1-3-9(4-2-7)23-6-8-5-10(22)21-12(18-8)19-11(20-21)13(15,16)17/h1-5H,6H2,(H,18,19,20). The van der Waals surface area contributed by atoms with Crippen LogP contribution in [0.1, 0.15) is 11.5 Å². The van der Waals surface area contributed by atoms with Crippen LogP contribution < -0.4 is 5.56 Å². The number of rotatable bonds is 3. The van der Waals surface area contributed by atoms with Gasteiger partial charge in [-0.3, -0.25) is 9.89 Å². The quantitative estimate of drug-likeness (QED) is 0.727. The zero-order valence-electron chi connectivity index (χ0n) is 11.3. The van der Waals surface area contributed by atoms with Crippen LogP contribution >= 0.6 is 23.4 Å². The van der Waals surface area contributed by atoms with E-state index in [1.165, 1.54) is 17.8 Å². The number of fused-ring (bicyclic) bond motifs is 1. The van der Waals surface area contributed by atoms with E-state index in [-0.39, 0.29) is 5.78 Å². The van der Waals surface area contributed by atoms with Crippen LogP contribution in [0.25, 0.3) is 5.78 Å². The summed E-state index contributed by atoms with van der Waals surface area (Å²) in [4.78, 5) is 20.0. The summed E-state index contributed by atoms with van der Waals surface area (Å²) in [6, 6.07) is 8.22. The lowest BCUT2D eigenvalue weighted by Crippen LogP contribution is -2.16. The number of hydrogen-bond donors (Lipinski definition) is 1. The van der Waals surface area contributed by atoms with E-state index in [0.29, 0.717) is 21.0 Å². The van der Waals surface area contributed by atoms with E-state index < -0.39 is 17.6 Å². The molecule has 0 fully saturated rings. The van der Waals surface area contributed by atoms with Gasteiger partial charge >= 0.3 is 6.18 Å². The fourth-order valence-electron chi connectivity index (χ4n) is 1.82. The van der Waals surface area contributed by atoms with Crippen molar-refractivity contribution in [1.29, 1.82) is 0 Å². The van der Waals surface area contributed by atoms with Crippen molar-refractivity contribution in [3.63, 3.8) is 0 Å². The van der Waals surface area contributed by atoms with Gasteiger partial charge in [0.05, 0.1) is 5.69 Å². The van der Waals surface area contributed by atoms with Crippen LogP contribution in [0.5, 0.6) is 0 Å². The van der Waals surface area contributed by atoms with Gasteiger partial charge in [0.15, 0.2) is 0 Å². The first kappa shape index (κ1) is 15.9. The first-order chi connectivity index (χ1) is 10.8. The molecular weight excluding hydrogens is 353 g/mol. The minimum Gasteiger partial charge on any atom is -0.267 e. The number of benzene rings is 1. The summed E-state index contributed by atoms with van der Waals surface area (Å²) in [7, 11) is 0. The number of nitrogens with zero attached hydrogens (tertiary/aromatic N) is 3. The number of thioether (sulfide) groups is 1. The summed E-state index contributed by atoms with van der Waals surface area (Å²) >= 11 is 7.17. The van der Waals surface area contributed by atoms with E-state index in [1.807, 2.05) is 5.10 Å². The Morgan fingerprint density at radius 2 is 1.91 bits per heavy atom. The van der Waals surface area contributed by atoms with Crippen molar-refractivity contribution >= 4 is 29.1 Å². The molecule has 0 spiro atoms. The van der Waals surface area contributed by atoms with Crippen LogP contribution in [0.4, 0.5) is 13.2 Å². The van der Waals surface area contributed by atoms with E-state index in [1.54, 1.807) is 24.3 Å². The number of aromatic nitrogens is 4. The van der Waals surface area contributed by atoms with Crippen molar-refractivity contribution in [3.8, 4) is 0 Å². The van der Waals surface area contributed by atoms with Gasteiger partial charge in [-0.05, 0) is 24.3 Å². The van der Waals surface area contributed by atoms with Gasteiger partial charge in [0.2, 0.25) is 5.82 Å². The number of hydrogen-bond acceptors (Lipinski definition) is 4. The van der Waals surface area contributed by atoms with Crippen LogP contribution in [0.15, 0.2) is 40.0 Å². The maximum atomic E-state index is 12.6. The Balaban J connectivity index is 1.87. The molecule has 0 amide bonds. The maximum Gasteiger partial charge on any atom is 0.451 e. The summed E-state index contributed by atoms with van der Waals surface area (Å²) < 4.78 is 38.5. The maximum absolute atomic E-state index is 12.6. The third-order valence-corrected chi connectivity index (χ3v) is 4.15. The van der Waals surface area contributed by atoms with E-state index in [4.69, 9.17) is 11.6 Å². The van der Waals surface area contributed by atoms with Gasteiger partial charge in [-0.25, -0.2) is 4.98 Å². The lowest BCUT2D eigenvalue weighted by Gasteiger charge is -2.01. The van der Waals surface area contributed by atoms with Crippen LogP contribution in [-0.2, 0) is 11.9 Å². The third-order valence-electron chi connectivity index (χ3n) is 2.85. The van der Waals surface area contributed by atoms with E-state index >= 15 is 0 Å². The second-order valence-electron chi connectivity index (χ2n) is 4.53. The van der Waals surface area contributed by atoms with E-state index in [9.17, 15) is 18.0 Å². The first-order valence-electron chi connectivity index (χ1n) is 6.27. The summed E-state index contributed by atoms with van der Waals surface area (Å²) in [5, 5.41) is 2.50. The summed E-state index contributed by atoms with van der Waals surface area (Å²) in [5.41, 5.74) is -0.306. The Hall–Kier alpha value is -2.00. The molecule has 1 aromatic carbocycles. The minimum atomic E-state index is -4.67. The van der Waals surface area contributed by atoms with Crippen LogP contribution in [0.2, 0.25) is 5.02 Å². The average Bonchev–Trinajstić information content (AvgIpc) is 2.91. The molecule has 120 valence electrons. The number of H-pyrrole nitrogens is 1. The van der Waals surface area contributed by atoms with Crippen molar-refractivity contribution in [1.82, 2.24) is 19.6 Å². The van der Waals surface area contributed by atoms with Crippen molar-refractivity contribution in [2.45, 2.75) is 16.8 Å². The lowest BCUT2D eigenvalue weighted by atomic mass is 10.4. The molecule has 0 aliphatic heterocycles. The highest BCUT2D eigenvalue weighted by Gasteiger charge is 2.35. The molecule has 0 radical (unpaired) electrons. The monoisotopic (exact) mass is 360 g/mol. The second-order valence-corrected chi connectivity index (χ2v) is 6.02. The van der Waals surface area contributed by atoms with Crippen molar-refractivity contribution < 1.29 is 13.2 Å². The second kappa shape index (κ2) is 5.89. The molecule has 5 nitrogen and oxygen atoms in total. The molecule has 0 saturated heterocycles. The van der Waals surface area contributed by atoms with Gasteiger partial charge in [-0.15, -0.1) is 11.8 Å². The Morgan fingerprint density at radius 1 is 1.22 bits per heavy atom. The van der Waals surface area contributed by atoms with Crippen molar-refractivity contribution in [3.05, 3.63) is 57.2 Å². The zero-order valence-corrected chi connectivity index (χ0v) is 12.8. The molecule has 3 aromatic rings. The highest BCUT2D eigenvalue weighted by molar-refractivity contribution is 7.98. The molecule has 0 aliphatic rings. The predicted molar refractivity (Wildman–Crippen MR) is 79.6 cm³/mol. The Kier molecular flexibility index (Phi) is 4.07. The number of halogens is 4. The molecule has 10 heteroatoms. The Bertz CT molecular complexity index is 904. The van der Waals surface area contributed by atoms with Gasteiger partial charge < -0.3 is 0 Å². The number of alkyl halides is 3.